The summed E-state index contributed by atoms with van der Waals surface area (Å²) >= 11 is 0. The highest BCUT2D eigenvalue weighted by molar-refractivity contribution is 5.80. The molecule has 0 aromatic heterocycles. The number of hydrogen-bond acceptors (Lipinski definition) is 4. The molecule has 0 heterocycles. The number of oxime groups is 1. The van der Waals surface area contributed by atoms with Crippen LogP contribution in [0.4, 0.5) is 0 Å². The Morgan fingerprint density at radius 3 is 2.60 bits per heavy atom. The van der Waals surface area contributed by atoms with Gasteiger partial charge in [0.25, 0.3) is 0 Å². The minimum absolute atomic E-state index is 0.0876. The Hall–Kier alpha value is -1.59. The van der Waals surface area contributed by atoms with Crippen molar-refractivity contribution in [1.82, 2.24) is 5.32 Å². The average molecular weight is 279 g/mol. The molecule has 1 aromatic carbocycles. The molecule has 2 atom stereocenters. The second-order valence-corrected chi connectivity index (χ2v) is 5.39. The number of benzene rings is 1. The average Bonchev–Trinajstić information content (AvgIpc) is 2.44. The van der Waals surface area contributed by atoms with Crippen molar-refractivity contribution < 1.29 is 10.3 Å². The molecule has 0 amide bonds. The maximum absolute atomic E-state index is 10.2. The molecule has 0 aliphatic rings. The van der Waals surface area contributed by atoms with Crippen molar-refractivity contribution in [3.63, 3.8) is 0 Å². The van der Waals surface area contributed by atoms with Gasteiger partial charge in [-0.1, -0.05) is 48.8 Å². The molecule has 0 aliphatic carbocycles. The van der Waals surface area contributed by atoms with Crippen LogP contribution in [0.15, 0.2) is 35.5 Å². The molecule has 0 radical (unpaired) electrons. The number of rotatable bonds is 8. The van der Waals surface area contributed by atoms with Crippen LogP contribution in [0.3, 0.4) is 0 Å². The Kier molecular flexibility index (Phi) is 6.48. The van der Waals surface area contributed by atoms with E-state index in [9.17, 15) is 5.11 Å². The predicted molar refractivity (Wildman–Crippen MR) is 80.7 cm³/mol. The number of aliphatic hydroxyl groups is 1. The lowest BCUT2D eigenvalue weighted by Gasteiger charge is -2.27. The van der Waals surface area contributed by atoms with E-state index in [0.29, 0.717) is 13.0 Å². The van der Waals surface area contributed by atoms with Crippen LogP contribution in [-0.4, -0.2) is 28.3 Å². The maximum Gasteiger partial charge on any atom is 0.141 e. The molecule has 1 aromatic rings. The van der Waals surface area contributed by atoms with Crippen molar-refractivity contribution in [2.24, 2.45) is 10.9 Å². The Labute approximate surface area is 120 Å². The number of nitrogens with two attached hydrogens (primary N) is 1. The first-order valence-electron chi connectivity index (χ1n) is 6.95. The number of amidine groups is 1. The van der Waals surface area contributed by atoms with Gasteiger partial charge in [0, 0.05) is 19.0 Å². The predicted octanol–water partition coefficient (Wildman–Crippen LogP) is 2.00. The molecular weight excluding hydrogens is 254 g/mol. The van der Waals surface area contributed by atoms with Crippen molar-refractivity contribution in [3.8, 4) is 0 Å². The van der Waals surface area contributed by atoms with Crippen LogP contribution in [0, 0.1) is 0 Å². The van der Waals surface area contributed by atoms with E-state index in [1.165, 1.54) is 0 Å². The first-order chi connectivity index (χ1) is 9.48. The normalized spacial score (nSPS) is 16.6. The van der Waals surface area contributed by atoms with E-state index in [1.807, 2.05) is 44.2 Å². The Bertz CT molecular complexity index is 418. The quantitative estimate of drug-likeness (QED) is 0.253. The minimum atomic E-state index is -0.757. The lowest BCUT2D eigenvalue weighted by molar-refractivity contribution is 0.0473. The zero-order valence-electron chi connectivity index (χ0n) is 12.2. The molecule has 5 nitrogen and oxygen atoms in total. The first kappa shape index (κ1) is 16.5. The monoisotopic (exact) mass is 279 g/mol. The molecule has 0 fully saturated rings. The van der Waals surface area contributed by atoms with Gasteiger partial charge < -0.3 is 21.4 Å². The molecule has 0 aliphatic heterocycles. The van der Waals surface area contributed by atoms with Gasteiger partial charge in [0.05, 0.1) is 5.60 Å². The fraction of sp³-hybridized carbons (Fsp3) is 0.533. The van der Waals surface area contributed by atoms with Crippen LogP contribution >= 0.6 is 0 Å². The summed E-state index contributed by atoms with van der Waals surface area (Å²) in [6.07, 6.45) is 2.04. The zero-order chi connectivity index (χ0) is 15.0. The molecule has 20 heavy (non-hydrogen) atoms. The zero-order valence-corrected chi connectivity index (χ0v) is 12.2. The summed E-state index contributed by atoms with van der Waals surface area (Å²) in [6, 6.07) is 9.71. The van der Waals surface area contributed by atoms with E-state index >= 15 is 0 Å². The molecule has 5 heteroatoms. The van der Waals surface area contributed by atoms with E-state index in [0.717, 1.165) is 18.4 Å². The van der Waals surface area contributed by atoms with Crippen molar-refractivity contribution in [1.29, 1.82) is 0 Å². The number of nitrogens with one attached hydrogen (secondary N) is 1. The molecule has 2 unspecified atom stereocenters. The van der Waals surface area contributed by atoms with Crippen LogP contribution < -0.4 is 11.1 Å². The summed E-state index contributed by atoms with van der Waals surface area (Å²) < 4.78 is 0. The van der Waals surface area contributed by atoms with E-state index in [-0.39, 0.29) is 11.9 Å². The molecular formula is C15H25N3O2. The Morgan fingerprint density at radius 1 is 1.40 bits per heavy atom. The minimum Gasteiger partial charge on any atom is -0.409 e. The summed E-state index contributed by atoms with van der Waals surface area (Å²) in [7, 11) is 0. The largest absolute Gasteiger partial charge is 0.409 e. The molecule has 0 spiro atoms. The summed E-state index contributed by atoms with van der Waals surface area (Å²) in [5.41, 5.74) is 5.90. The van der Waals surface area contributed by atoms with E-state index in [2.05, 4.69) is 10.5 Å². The third-order valence-corrected chi connectivity index (χ3v) is 3.26. The van der Waals surface area contributed by atoms with Crippen LogP contribution in [0.25, 0.3) is 0 Å². The Morgan fingerprint density at radius 2 is 2.05 bits per heavy atom. The summed E-state index contributed by atoms with van der Waals surface area (Å²) in [5.74, 6) is 0.168. The highest BCUT2D eigenvalue weighted by Gasteiger charge is 2.22. The van der Waals surface area contributed by atoms with Gasteiger partial charge >= 0.3 is 0 Å². The van der Waals surface area contributed by atoms with E-state index < -0.39 is 5.60 Å². The third-order valence-electron chi connectivity index (χ3n) is 3.26. The summed E-state index contributed by atoms with van der Waals surface area (Å²) in [6.45, 7) is 4.31. The summed E-state index contributed by atoms with van der Waals surface area (Å²) in [4.78, 5) is 0. The highest BCUT2D eigenvalue weighted by atomic mass is 16.4. The van der Waals surface area contributed by atoms with E-state index in [4.69, 9.17) is 10.9 Å². The van der Waals surface area contributed by atoms with Gasteiger partial charge in [-0.05, 0) is 18.9 Å². The topological polar surface area (TPSA) is 90.9 Å². The molecule has 0 saturated carbocycles. The van der Waals surface area contributed by atoms with Crippen molar-refractivity contribution in [2.45, 2.75) is 44.8 Å². The number of hydrogen-bond donors (Lipinski definition) is 4. The Balaban J connectivity index is 2.74. The van der Waals surface area contributed by atoms with Gasteiger partial charge in [0.1, 0.15) is 5.84 Å². The van der Waals surface area contributed by atoms with Gasteiger partial charge in [0.2, 0.25) is 0 Å². The first-order valence-corrected chi connectivity index (χ1v) is 6.95. The van der Waals surface area contributed by atoms with Gasteiger partial charge in [0.15, 0.2) is 0 Å². The van der Waals surface area contributed by atoms with Gasteiger partial charge in [-0.25, -0.2) is 0 Å². The lowest BCUT2D eigenvalue weighted by Crippen LogP contribution is -2.40. The van der Waals surface area contributed by atoms with Crippen LogP contribution in [0.1, 0.15) is 44.7 Å². The van der Waals surface area contributed by atoms with Crippen LogP contribution in [-0.2, 0) is 0 Å². The fourth-order valence-corrected chi connectivity index (χ4v) is 2.21. The molecule has 1 rings (SSSR count). The van der Waals surface area contributed by atoms with Gasteiger partial charge in [-0.15, -0.1) is 0 Å². The molecule has 0 bridgehead atoms. The standard InChI is InChI=1S/C15H25N3O2/c1-3-9-15(2,19)11-17-13(10-14(16)18-20)12-7-5-4-6-8-12/h4-8,13,17,19-20H,3,9-11H2,1-2H3,(H2,16,18). The van der Waals surface area contributed by atoms with Crippen molar-refractivity contribution >= 4 is 5.84 Å². The second-order valence-electron chi connectivity index (χ2n) is 5.39. The van der Waals surface area contributed by atoms with Gasteiger partial charge in [-0.3, -0.25) is 0 Å². The van der Waals surface area contributed by atoms with Crippen LogP contribution in [0.5, 0.6) is 0 Å². The van der Waals surface area contributed by atoms with Crippen molar-refractivity contribution in [3.05, 3.63) is 35.9 Å². The van der Waals surface area contributed by atoms with Crippen molar-refractivity contribution in [2.75, 3.05) is 6.54 Å². The lowest BCUT2D eigenvalue weighted by atomic mass is 9.98. The molecule has 5 N–H and O–H groups in total. The third kappa shape index (κ3) is 5.59. The van der Waals surface area contributed by atoms with Crippen LogP contribution in [0.2, 0.25) is 0 Å². The molecule has 0 saturated heterocycles. The fourth-order valence-electron chi connectivity index (χ4n) is 2.21. The number of nitrogens with zero attached hydrogens (tertiary/aromatic N) is 1. The second kappa shape index (κ2) is 7.87. The van der Waals surface area contributed by atoms with E-state index in [1.54, 1.807) is 0 Å². The van der Waals surface area contributed by atoms with Gasteiger partial charge in [-0.2, -0.15) is 0 Å². The summed E-state index contributed by atoms with van der Waals surface area (Å²) in [5, 5.41) is 25.3. The highest BCUT2D eigenvalue weighted by Crippen LogP contribution is 2.19. The SMILES string of the molecule is CCCC(C)(O)CNC(C/C(N)=N/O)c1ccccc1. The smallest absolute Gasteiger partial charge is 0.141 e. The maximum atomic E-state index is 10.2. The molecule has 112 valence electrons.